The van der Waals surface area contributed by atoms with Gasteiger partial charge in [0, 0.05) is 0 Å². The Kier molecular flexibility index (Phi) is 31.2. The molecule has 0 unspecified atom stereocenters. The summed E-state index contributed by atoms with van der Waals surface area (Å²) in [5.74, 6) is 0. The van der Waals surface area contributed by atoms with Crippen LogP contribution in [-0.2, 0) is 9.59 Å². The number of hydrogen-bond acceptors (Lipinski definition) is 4. The molecule has 0 spiro atoms. The van der Waals surface area contributed by atoms with E-state index in [2.05, 4.69) is 0 Å². The first-order valence-electron chi connectivity index (χ1n) is 1.04. The summed E-state index contributed by atoms with van der Waals surface area (Å²) in [5.41, 5.74) is 0. The van der Waals surface area contributed by atoms with E-state index in [4.69, 9.17) is 24.6 Å². The average molecular weight is 128 g/mol. The number of hydrogen-bond donors (Lipinski definition) is 1. The molecular weight excluding hydrogens is 127 g/mol. The van der Waals surface area contributed by atoms with E-state index in [0.717, 1.165) is 0 Å². The molecule has 8 heavy (non-hydrogen) atoms. The largest absolute Gasteiger partial charge is 1.00 e. The molecule has 0 radical (unpaired) electrons. The summed E-state index contributed by atoms with van der Waals surface area (Å²) < 4.78 is 0. The van der Waals surface area contributed by atoms with E-state index < -0.39 is 6.16 Å². The first-order valence-corrected chi connectivity index (χ1v) is 1.04. The van der Waals surface area contributed by atoms with E-state index in [1.807, 2.05) is 0 Å². The van der Waals surface area contributed by atoms with Gasteiger partial charge >= 0.3 is 35.7 Å². The number of carbonyl (C=O) groups excluding carboxylic acids is 2. The van der Waals surface area contributed by atoms with Gasteiger partial charge in [-0.05, 0) is 0 Å². The van der Waals surface area contributed by atoms with Crippen LogP contribution in [0.1, 0.15) is 0 Å². The zero-order chi connectivity index (χ0) is 6.28. The molecule has 0 bridgehead atoms. The van der Waals surface area contributed by atoms with Crippen LogP contribution in [0.4, 0.5) is 4.79 Å². The van der Waals surface area contributed by atoms with Gasteiger partial charge in [0.05, 0.1) is 0 Å². The second-order valence-corrected chi connectivity index (χ2v) is 0.349. The first kappa shape index (κ1) is 15.6. The Morgan fingerprint density at radius 1 is 1.50 bits per heavy atom. The van der Waals surface area contributed by atoms with Gasteiger partial charge in [0.15, 0.2) is 0 Å². The third-order valence-electron chi connectivity index (χ3n) is 0. The SMILES string of the molecule is O=C([O-])O.O=C=O.[Na+]. The standard InChI is InChI=1S/CH2O3.CO2.Na/c2-1(3)4;2-1-3;/h(H2,2,3,4);;/q;;+1/p-1. The topological polar surface area (TPSA) is 94.5 Å². The molecule has 0 aliphatic rings. The minimum Gasteiger partial charge on any atom is -0.565 e. The smallest absolute Gasteiger partial charge is 0.565 e. The maximum atomic E-state index is 8.44. The summed E-state index contributed by atoms with van der Waals surface area (Å²) in [6, 6.07) is 0. The van der Waals surface area contributed by atoms with Crippen molar-refractivity contribution in [2.45, 2.75) is 0 Å². The van der Waals surface area contributed by atoms with E-state index in [9.17, 15) is 0 Å². The minimum atomic E-state index is -2.08. The molecule has 0 aromatic carbocycles. The van der Waals surface area contributed by atoms with Gasteiger partial charge in [0.25, 0.3) is 0 Å². The first-order chi connectivity index (χ1) is 3.15. The molecule has 0 fully saturated rings. The summed E-state index contributed by atoms with van der Waals surface area (Å²) in [7, 11) is 0. The second-order valence-electron chi connectivity index (χ2n) is 0.349. The quantitative estimate of drug-likeness (QED) is 0.331. The van der Waals surface area contributed by atoms with Gasteiger partial charge in [-0.2, -0.15) is 9.59 Å². The van der Waals surface area contributed by atoms with Crippen molar-refractivity contribution in [2.75, 3.05) is 0 Å². The van der Waals surface area contributed by atoms with Crippen LogP contribution in [0.3, 0.4) is 0 Å². The van der Waals surface area contributed by atoms with Crippen molar-refractivity contribution in [3.63, 3.8) is 0 Å². The predicted molar refractivity (Wildman–Crippen MR) is 13.0 cm³/mol. The molecule has 0 heterocycles. The Morgan fingerprint density at radius 3 is 1.50 bits per heavy atom. The Balaban J connectivity index is -0.0000000575. The third-order valence-corrected chi connectivity index (χ3v) is 0. The number of rotatable bonds is 0. The van der Waals surface area contributed by atoms with E-state index in [-0.39, 0.29) is 35.7 Å². The monoisotopic (exact) mass is 128 g/mol. The van der Waals surface area contributed by atoms with Crippen LogP contribution >= 0.6 is 0 Å². The van der Waals surface area contributed by atoms with Crippen molar-refractivity contribution in [2.24, 2.45) is 0 Å². The Labute approximate surface area is 66.6 Å². The molecule has 40 valence electrons. The van der Waals surface area contributed by atoms with Gasteiger partial charge in [0.2, 0.25) is 6.16 Å². The molecule has 0 amide bonds. The van der Waals surface area contributed by atoms with Crippen LogP contribution in [0.2, 0.25) is 0 Å². The maximum absolute atomic E-state index is 8.44. The Morgan fingerprint density at radius 2 is 1.50 bits per heavy atom. The van der Waals surface area contributed by atoms with Gasteiger partial charge in [-0.3, -0.25) is 0 Å². The number of carbonyl (C=O) groups is 1. The molecule has 6 heteroatoms. The van der Waals surface area contributed by atoms with Gasteiger partial charge in [-0.15, -0.1) is 0 Å². The van der Waals surface area contributed by atoms with Crippen molar-refractivity contribution in [1.29, 1.82) is 0 Å². The van der Waals surface area contributed by atoms with E-state index in [1.54, 1.807) is 0 Å². The molecule has 0 aromatic rings. The van der Waals surface area contributed by atoms with E-state index in [1.165, 1.54) is 0 Å². The van der Waals surface area contributed by atoms with Crippen molar-refractivity contribution < 1.29 is 54.2 Å². The summed E-state index contributed by atoms with van der Waals surface area (Å²) in [5, 5.41) is 15.3. The molecule has 0 rings (SSSR count). The molecule has 1 N–H and O–H groups in total. The molecule has 0 saturated carbocycles. The van der Waals surface area contributed by atoms with E-state index >= 15 is 0 Å². The fraction of sp³-hybridized carbons (Fsp3) is 0. The molecule has 0 aromatic heterocycles. The minimum absolute atomic E-state index is 0. The third kappa shape index (κ3) is 997. The van der Waals surface area contributed by atoms with Gasteiger partial charge in [0.1, 0.15) is 0 Å². The van der Waals surface area contributed by atoms with Crippen molar-refractivity contribution in [3.05, 3.63) is 0 Å². The van der Waals surface area contributed by atoms with Crippen LogP contribution < -0.4 is 34.7 Å². The average Bonchev–Trinajstić information content (AvgIpc) is 1.33. The molecule has 0 aliphatic carbocycles. The molecule has 0 atom stereocenters. The molecule has 0 saturated heterocycles. The van der Waals surface area contributed by atoms with Crippen LogP contribution in [0.5, 0.6) is 0 Å². The fourth-order valence-corrected chi connectivity index (χ4v) is 0. The predicted octanol–water partition coefficient (Wildman–Crippen LogP) is -4.69. The van der Waals surface area contributed by atoms with Gasteiger partial charge < -0.3 is 15.0 Å². The van der Waals surface area contributed by atoms with E-state index in [0.29, 0.717) is 0 Å². The fourth-order valence-electron chi connectivity index (χ4n) is 0. The van der Waals surface area contributed by atoms with Crippen LogP contribution in [-0.4, -0.2) is 17.4 Å². The summed E-state index contributed by atoms with van der Waals surface area (Å²) >= 11 is 0. The Bertz CT molecular complexity index is 78.4. The zero-order valence-electron chi connectivity index (χ0n) is 4.08. The van der Waals surface area contributed by atoms with Crippen LogP contribution in [0.25, 0.3) is 0 Å². The van der Waals surface area contributed by atoms with Crippen molar-refractivity contribution in [1.82, 2.24) is 0 Å². The van der Waals surface area contributed by atoms with Crippen molar-refractivity contribution >= 4 is 12.3 Å². The normalized spacial score (nSPS) is 4.00. The Hall–Kier alpha value is -0.350. The maximum Gasteiger partial charge on any atom is 1.00 e. The van der Waals surface area contributed by atoms with Gasteiger partial charge in [-0.25, -0.2) is 0 Å². The number of carboxylic acid groups (broad SMARTS) is 2. The van der Waals surface area contributed by atoms with Crippen LogP contribution in [0, 0.1) is 0 Å². The summed E-state index contributed by atoms with van der Waals surface area (Å²) in [4.78, 5) is 24.7. The molecule has 5 nitrogen and oxygen atoms in total. The van der Waals surface area contributed by atoms with Crippen molar-refractivity contribution in [3.8, 4) is 0 Å². The second kappa shape index (κ2) is 15.9. The zero-order valence-corrected chi connectivity index (χ0v) is 6.08. The van der Waals surface area contributed by atoms with Gasteiger partial charge in [-0.1, -0.05) is 0 Å². The van der Waals surface area contributed by atoms with Crippen LogP contribution in [0.15, 0.2) is 0 Å². The molecular formula is C2HNaO5. The summed E-state index contributed by atoms with van der Waals surface area (Å²) in [6.07, 6.45) is -1.83. The summed E-state index contributed by atoms with van der Waals surface area (Å²) in [6.45, 7) is 0. The molecule has 0 aliphatic heterocycles.